The zero-order chi connectivity index (χ0) is 12.0. The van der Waals surface area contributed by atoms with Gasteiger partial charge < -0.3 is 5.32 Å². The van der Waals surface area contributed by atoms with Crippen LogP contribution in [0.25, 0.3) is 0 Å². The van der Waals surface area contributed by atoms with E-state index in [-0.39, 0.29) is 0 Å². The minimum absolute atomic E-state index is 0.303. The molecule has 0 heterocycles. The quantitative estimate of drug-likeness (QED) is 0.722. The Hall–Kier alpha value is -0.240. The molecule has 0 fully saturated rings. The van der Waals surface area contributed by atoms with Crippen LogP contribution in [0, 0.1) is 0 Å². The lowest BCUT2D eigenvalue weighted by Crippen LogP contribution is -2.16. The van der Waals surface area contributed by atoms with E-state index in [4.69, 9.17) is 23.2 Å². The summed E-state index contributed by atoms with van der Waals surface area (Å²) in [6.07, 6.45) is 4.81. The van der Waals surface area contributed by atoms with Gasteiger partial charge in [0.2, 0.25) is 0 Å². The summed E-state index contributed by atoms with van der Waals surface area (Å²) in [6.45, 7) is 2.21. The smallest absolute Gasteiger partial charge is 0.0454 e. The number of rotatable bonds is 6. The second kappa shape index (κ2) is 7.16. The second-order valence-electron chi connectivity index (χ2n) is 4.00. The maximum absolute atomic E-state index is 6.18. The van der Waals surface area contributed by atoms with Crippen LogP contribution in [0.5, 0.6) is 0 Å². The molecule has 1 aromatic carbocycles. The molecule has 1 rings (SSSR count). The van der Waals surface area contributed by atoms with Gasteiger partial charge in [0.1, 0.15) is 0 Å². The van der Waals surface area contributed by atoms with Crippen molar-refractivity contribution in [2.75, 3.05) is 7.05 Å². The molecule has 0 aliphatic heterocycles. The fourth-order valence-corrected chi connectivity index (χ4v) is 2.27. The number of hydrogen-bond donors (Lipinski definition) is 1. The van der Waals surface area contributed by atoms with Crippen molar-refractivity contribution in [2.45, 2.75) is 38.6 Å². The van der Waals surface area contributed by atoms with Crippen molar-refractivity contribution in [1.29, 1.82) is 0 Å². The molecule has 90 valence electrons. The lowest BCUT2D eigenvalue weighted by molar-refractivity contribution is 0.512. The number of unbranched alkanes of at least 4 members (excludes halogenated alkanes) is 2. The number of nitrogens with one attached hydrogen (secondary N) is 1. The zero-order valence-electron chi connectivity index (χ0n) is 9.89. The number of benzene rings is 1. The molecule has 0 saturated heterocycles. The molecule has 1 nitrogen and oxygen atoms in total. The maximum atomic E-state index is 6.18. The van der Waals surface area contributed by atoms with E-state index in [9.17, 15) is 0 Å². The molecular formula is C13H19Cl2N. The fourth-order valence-electron chi connectivity index (χ4n) is 1.84. The lowest BCUT2D eigenvalue weighted by atomic mass is 10.0. The molecule has 0 aliphatic carbocycles. The molecule has 1 N–H and O–H groups in total. The molecule has 0 amide bonds. The molecule has 1 atom stereocenters. The third kappa shape index (κ3) is 3.97. The summed E-state index contributed by atoms with van der Waals surface area (Å²) in [5.41, 5.74) is 1.10. The molecule has 0 radical (unpaired) electrons. The number of hydrogen-bond acceptors (Lipinski definition) is 1. The molecular weight excluding hydrogens is 241 g/mol. The SMILES string of the molecule is CCCCCC(NC)c1cc(Cl)ccc1Cl. The van der Waals surface area contributed by atoms with Crippen LogP contribution >= 0.6 is 23.2 Å². The Bertz CT molecular complexity index is 326. The van der Waals surface area contributed by atoms with E-state index >= 15 is 0 Å². The molecule has 0 spiro atoms. The first-order chi connectivity index (χ1) is 7.69. The molecule has 0 saturated carbocycles. The van der Waals surface area contributed by atoms with E-state index in [1.807, 2.05) is 25.2 Å². The average molecular weight is 260 g/mol. The van der Waals surface area contributed by atoms with Gasteiger partial charge in [0.05, 0.1) is 0 Å². The summed E-state index contributed by atoms with van der Waals surface area (Å²) in [7, 11) is 1.97. The van der Waals surface area contributed by atoms with Gasteiger partial charge in [0.15, 0.2) is 0 Å². The van der Waals surface area contributed by atoms with E-state index in [1.54, 1.807) is 0 Å². The average Bonchev–Trinajstić information content (AvgIpc) is 2.28. The minimum Gasteiger partial charge on any atom is -0.313 e. The Morgan fingerprint density at radius 2 is 2.00 bits per heavy atom. The Balaban J connectivity index is 2.73. The number of halogens is 2. The third-order valence-electron chi connectivity index (χ3n) is 2.78. The van der Waals surface area contributed by atoms with Gasteiger partial charge in [-0.25, -0.2) is 0 Å². The van der Waals surface area contributed by atoms with Crippen LogP contribution in [-0.4, -0.2) is 7.05 Å². The maximum Gasteiger partial charge on any atom is 0.0454 e. The monoisotopic (exact) mass is 259 g/mol. The van der Waals surface area contributed by atoms with E-state index in [2.05, 4.69) is 12.2 Å². The van der Waals surface area contributed by atoms with Crippen molar-refractivity contribution in [3.8, 4) is 0 Å². The standard InChI is InChI=1S/C13H19Cl2N/c1-3-4-5-6-13(16-2)11-9-10(14)7-8-12(11)15/h7-9,13,16H,3-6H2,1-2H3. The van der Waals surface area contributed by atoms with Gasteiger partial charge in [0.25, 0.3) is 0 Å². The zero-order valence-corrected chi connectivity index (χ0v) is 11.4. The van der Waals surface area contributed by atoms with E-state index in [0.29, 0.717) is 6.04 Å². The molecule has 16 heavy (non-hydrogen) atoms. The van der Waals surface area contributed by atoms with Crippen LogP contribution in [0.3, 0.4) is 0 Å². The van der Waals surface area contributed by atoms with Crippen molar-refractivity contribution >= 4 is 23.2 Å². The van der Waals surface area contributed by atoms with Crippen molar-refractivity contribution in [1.82, 2.24) is 5.32 Å². The highest BCUT2D eigenvalue weighted by Gasteiger charge is 2.12. The first kappa shape index (κ1) is 13.8. The summed E-state index contributed by atoms with van der Waals surface area (Å²) in [6, 6.07) is 5.95. The molecule has 0 aliphatic rings. The molecule has 1 aromatic rings. The summed E-state index contributed by atoms with van der Waals surface area (Å²) in [4.78, 5) is 0. The third-order valence-corrected chi connectivity index (χ3v) is 3.36. The van der Waals surface area contributed by atoms with E-state index in [1.165, 1.54) is 19.3 Å². The van der Waals surface area contributed by atoms with Gasteiger partial charge in [-0.3, -0.25) is 0 Å². The van der Waals surface area contributed by atoms with Crippen molar-refractivity contribution in [3.63, 3.8) is 0 Å². The second-order valence-corrected chi connectivity index (χ2v) is 4.85. The Kier molecular flexibility index (Phi) is 6.18. The van der Waals surface area contributed by atoms with Gasteiger partial charge in [-0.2, -0.15) is 0 Å². The van der Waals surface area contributed by atoms with Crippen molar-refractivity contribution < 1.29 is 0 Å². The topological polar surface area (TPSA) is 12.0 Å². The van der Waals surface area contributed by atoms with Crippen molar-refractivity contribution in [2.24, 2.45) is 0 Å². The summed E-state index contributed by atoms with van der Waals surface area (Å²) >= 11 is 12.2. The highest BCUT2D eigenvalue weighted by molar-refractivity contribution is 6.33. The summed E-state index contributed by atoms with van der Waals surface area (Å²) in [5.74, 6) is 0. The fraction of sp³-hybridized carbons (Fsp3) is 0.538. The predicted molar refractivity (Wildman–Crippen MR) is 72.4 cm³/mol. The minimum atomic E-state index is 0.303. The first-order valence-electron chi connectivity index (χ1n) is 5.81. The summed E-state index contributed by atoms with van der Waals surface area (Å²) in [5, 5.41) is 4.84. The van der Waals surface area contributed by atoms with Crippen LogP contribution in [0.15, 0.2) is 18.2 Å². The molecule has 3 heteroatoms. The van der Waals surface area contributed by atoms with E-state index < -0.39 is 0 Å². The van der Waals surface area contributed by atoms with Gasteiger partial charge in [-0.15, -0.1) is 0 Å². The Labute approximate surface area is 108 Å². The van der Waals surface area contributed by atoms with Crippen LogP contribution < -0.4 is 5.32 Å². The van der Waals surface area contributed by atoms with Gasteiger partial charge in [-0.1, -0.05) is 49.4 Å². The molecule has 0 aromatic heterocycles. The van der Waals surface area contributed by atoms with Crippen LogP contribution in [0.4, 0.5) is 0 Å². The van der Waals surface area contributed by atoms with Crippen LogP contribution in [-0.2, 0) is 0 Å². The highest BCUT2D eigenvalue weighted by Crippen LogP contribution is 2.29. The van der Waals surface area contributed by atoms with Gasteiger partial charge >= 0.3 is 0 Å². The lowest BCUT2D eigenvalue weighted by Gasteiger charge is -2.18. The predicted octanol–water partition coefficient (Wildman–Crippen LogP) is 4.83. The molecule has 0 bridgehead atoms. The Morgan fingerprint density at radius 1 is 1.25 bits per heavy atom. The van der Waals surface area contributed by atoms with Gasteiger partial charge in [-0.05, 0) is 37.2 Å². The summed E-state index contributed by atoms with van der Waals surface area (Å²) < 4.78 is 0. The largest absolute Gasteiger partial charge is 0.313 e. The van der Waals surface area contributed by atoms with Crippen molar-refractivity contribution in [3.05, 3.63) is 33.8 Å². The van der Waals surface area contributed by atoms with Crippen LogP contribution in [0.1, 0.15) is 44.2 Å². The Morgan fingerprint density at radius 3 is 2.62 bits per heavy atom. The first-order valence-corrected chi connectivity index (χ1v) is 6.56. The highest BCUT2D eigenvalue weighted by atomic mass is 35.5. The van der Waals surface area contributed by atoms with E-state index in [0.717, 1.165) is 22.0 Å². The van der Waals surface area contributed by atoms with Gasteiger partial charge in [0, 0.05) is 16.1 Å². The van der Waals surface area contributed by atoms with Crippen LogP contribution in [0.2, 0.25) is 10.0 Å². The molecule has 1 unspecified atom stereocenters. The normalized spacial score (nSPS) is 12.8.